The van der Waals surface area contributed by atoms with Crippen LogP contribution >= 0.6 is 0 Å². The standard InChI is InChI=1S/C22H23F5N6O2/c1-13-9-21(23,24)12-33(17(13)11-35-18-6-4-15(10-29-18)22(25,26)27)20(34)19-16(32-30-8-7-28)5-3-14(2)31-19/h3-8,10,13,17,28,32H,9,11-12H2,1-2H3/b28-7?,30-8-/t13-,17?/m1/s1. The van der Waals surface area contributed by atoms with Crippen molar-refractivity contribution in [3.05, 3.63) is 47.4 Å². The second-order valence-electron chi connectivity index (χ2n) is 8.14. The van der Waals surface area contributed by atoms with Crippen LogP contribution in [0.15, 0.2) is 35.6 Å². The number of aryl methyl sites for hydroxylation is 1. The Kier molecular flexibility index (Phi) is 7.66. The molecule has 1 aliphatic rings. The highest BCUT2D eigenvalue weighted by molar-refractivity contribution is 6.14. The Morgan fingerprint density at radius 2 is 2.09 bits per heavy atom. The summed E-state index contributed by atoms with van der Waals surface area (Å²) >= 11 is 0. The molecule has 1 aliphatic heterocycles. The summed E-state index contributed by atoms with van der Waals surface area (Å²) in [4.78, 5) is 22.2. The molecule has 0 radical (unpaired) electrons. The number of hydrazone groups is 1. The molecule has 2 N–H and O–H groups in total. The van der Waals surface area contributed by atoms with E-state index in [1.54, 1.807) is 19.9 Å². The number of piperidine rings is 1. The average Bonchev–Trinajstić information content (AvgIpc) is 2.78. The van der Waals surface area contributed by atoms with Crippen molar-refractivity contribution in [3.8, 4) is 5.88 Å². The number of aromatic nitrogens is 2. The van der Waals surface area contributed by atoms with E-state index in [0.717, 1.165) is 29.5 Å². The summed E-state index contributed by atoms with van der Waals surface area (Å²) in [6.07, 6.45) is -2.42. The van der Waals surface area contributed by atoms with Crippen LogP contribution in [0.25, 0.3) is 0 Å². The molecule has 35 heavy (non-hydrogen) atoms. The van der Waals surface area contributed by atoms with Gasteiger partial charge in [-0.1, -0.05) is 6.92 Å². The molecule has 8 nitrogen and oxygen atoms in total. The minimum atomic E-state index is -4.56. The van der Waals surface area contributed by atoms with Crippen molar-refractivity contribution in [3.63, 3.8) is 0 Å². The first-order chi connectivity index (χ1) is 16.4. The van der Waals surface area contributed by atoms with Crippen molar-refractivity contribution in [1.29, 1.82) is 5.41 Å². The number of likely N-dealkylation sites (tertiary alicyclic amines) is 1. The first-order valence-corrected chi connectivity index (χ1v) is 10.5. The zero-order valence-corrected chi connectivity index (χ0v) is 18.8. The molecule has 0 saturated carbocycles. The van der Waals surface area contributed by atoms with Crippen molar-refractivity contribution in [2.75, 3.05) is 18.6 Å². The monoisotopic (exact) mass is 498 g/mol. The molecule has 1 fully saturated rings. The van der Waals surface area contributed by atoms with E-state index in [1.807, 2.05) is 0 Å². The number of carbonyl (C=O) groups is 1. The SMILES string of the molecule is Cc1ccc(N/N=C\C=N)c(C(=O)N2CC(F)(F)C[C@@H](C)C2COc2ccc(C(F)(F)F)cn2)n1. The van der Waals surface area contributed by atoms with Crippen LogP contribution in [0.1, 0.15) is 35.1 Å². The third kappa shape index (κ3) is 6.49. The number of nitrogens with zero attached hydrogens (tertiary/aromatic N) is 4. The number of alkyl halides is 5. The lowest BCUT2D eigenvalue weighted by molar-refractivity contribution is -0.137. The zero-order valence-electron chi connectivity index (χ0n) is 18.8. The van der Waals surface area contributed by atoms with Crippen molar-refractivity contribution in [1.82, 2.24) is 14.9 Å². The minimum absolute atomic E-state index is 0.132. The van der Waals surface area contributed by atoms with Gasteiger partial charge in [0, 0.05) is 30.6 Å². The van der Waals surface area contributed by atoms with Crippen LogP contribution in [-0.4, -0.2) is 58.3 Å². The fraction of sp³-hybridized carbons (Fsp3) is 0.409. The Labute approximate surface area is 197 Å². The summed E-state index contributed by atoms with van der Waals surface area (Å²) in [6.45, 7) is 2.02. The van der Waals surface area contributed by atoms with Gasteiger partial charge >= 0.3 is 6.18 Å². The molecule has 3 heterocycles. The van der Waals surface area contributed by atoms with Crippen LogP contribution < -0.4 is 10.2 Å². The van der Waals surface area contributed by atoms with Gasteiger partial charge in [0.05, 0.1) is 30.1 Å². The third-order valence-electron chi connectivity index (χ3n) is 5.38. The first-order valence-electron chi connectivity index (χ1n) is 10.5. The molecule has 188 valence electrons. The molecule has 2 atom stereocenters. The number of anilines is 1. The predicted molar refractivity (Wildman–Crippen MR) is 118 cm³/mol. The Morgan fingerprint density at radius 3 is 2.71 bits per heavy atom. The normalized spacial score (nSPS) is 20.0. The van der Waals surface area contributed by atoms with Gasteiger partial charge in [-0.3, -0.25) is 10.2 Å². The Morgan fingerprint density at radius 1 is 1.34 bits per heavy atom. The number of halogens is 5. The quantitative estimate of drug-likeness (QED) is 0.334. The van der Waals surface area contributed by atoms with Crippen molar-refractivity contribution in [2.45, 2.75) is 38.4 Å². The molecular formula is C22H23F5N6O2. The van der Waals surface area contributed by atoms with Gasteiger partial charge in [-0.25, -0.2) is 18.7 Å². The fourth-order valence-corrected chi connectivity index (χ4v) is 3.72. The predicted octanol–water partition coefficient (Wildman–Crippen LogP) is 4.42. The Balaban J connectivity index is 1.86. The Hall–Kier alpha value is -3.64. The number of amides is 1. The highest BCUT2D eigenvalue weighted by Crippen LogP contribution is 2.36. The maximum atomic E-state index is 14.5. The van der Waals surface area contributed by atoms with E-state index in [-0.39, 0.29) is 23.9 Å². The number of ether oxygens (including phenoxy) is 1. The summed E-state index contributed by atoms with van der Waals surface area (Å²) < 4.78 is 72.7. The van der Waals surface area contributed by atoms with Crippen molar-refractivity contribution >= 4 is 24.0 Å². The highest BCUT2D eigenvalue weighted by Gasteiger charge is 2.47. The molecular weight excluding hydrogens is 475 g/mol. The molecule has 13 heteroatoms. The lowest BCUT2D eigenvalue weighted by Gasteiger charge is -2.43. The van der Waals surface area contributed by atoms with Crippen LogP contribution in [0.3, 0.4) is 0 Å². The highest BCUT2D eigenvalue weighted by atomic mass is 19.4. The van der Waals surface area contributed by atoms with Gasteiger partial charge in [-0.05, 0) is 31.0 Å². The van der Waals surface area contributed by atoms with E-state index in [9.17, 15) is 26.7 Å². The molecule has 3 rings (SSSR count). The van der Waals surface area contributed by atoms with Gasteiger partial charge < -0.3 is 15.0 Å². The largest absolute Gasteiger partial charge is 0.475 e. The van der Waals surface area contributed by atoms with E-state index in [4.69, 9.17) is 10.1 Å². The molecule has 0 bridgehead atoms. The third-order valence-corrected chi connectivity index (χ3v) is 5.38. The summed E-state index contributed by atoms with van der Waals surface area (Å²) in [7, 11) is 0. The topological polar surface area (TPSA) is 104 Å². The van der Waals surface area contributed by atoms with Crippen LogP contribution in [0.5, 0.6) is 5.88 Å². The molecule has 1 saturated heterocycles. The van der Waals surface area contributed by atoms with Gasteiger partial charge in [0.1, 0.15) is 6.61 Å². The van der Waals surface area contributed by atoms with Gasteiger partial charge in [-0.2, -0.15) is 18.3 Å². The second kappa shape index (κ2) is 10.3. The van der Waals surface area contributed by atoms with E-state index >= 15 is 0 Å². The summed E-state index contributed by atoms with van der Waals surface area (Å²) in [5.41, 5.74) is 2.10. The maximum Gasteiger partial charge on any atom is 0.417 e. The molecule has 1 amide bonds. The van der Waals surface area contributed by atoms with Crippen LogP contribution in [0.4, 0.5) is 27.6 Å². The van der Waals surface area contributed by atoms with E-state index in [0.29, 0.717) is 11.9 Å². The minimum Gasteiger partial charge on any atom is -0.475 e. The van der Waals surface area contributed by atoms with Gasteiger partial charge in [0.25, 0.3) is 11.8 Å². The molecule has 0 aromatic carbocycles. The van der Waals surface area contributed by atoms with Gasteiger partial charge in [0.15, 0.2) is 5.69 Å². The first kappa shape index (κ1) is 26.0. The van der Waals surface area contributed by atoms with E-state index < -0.39 is 48.5 Å². The van der Waals surface area contributed by atoms with E-state index in [2.05, 4.69) is 20.5 Å². The molecule has 0 aliphatic carbocycles. The number of hydrogen-bond acceptors (Lipinski definition) is 7. The molecule has 0 spiro atoms. The molecule has 1 unspecified atom stereocenters. The Bertz CT molecular complexity index is 1090. The van der Waals surface area contributed by atoms with Crippen molar-refractivity contribution < 1.29 is 31.5 Å². The van der Waals surface area contributed by atoms with Gasteiger partial charge in [0.2, 0.25) is 5.88 Å². The lowest BCUT2D eigenvalue weighted by Crippen LogP contribution is -2.57. The van der Waals surface area contributed by atoms with Gasteiger partial charge in [-0.15, -0.1) is 0 Å². The smallest absolute Gasteiger partial charge is 0.417 e. The fourth-order valence-electron chi connectivity index (χ4n) is 3.72. The number of nitrogens with one attached hydrogen (secondary N) is 2. The average molecular weight is 498 g/mol. The van der Waals surface area contributed by atoms with Crippen molar-refractivity contribution in [2.24, 2.45) is 11.0 Å². The molecule has 2 aromatic rings. The van der Waals surface area contributed by atoms with E-state index in [1.165, 1.54) is 6.07 Å². The maximum absolute atomic E-state index is 14.5. The second-order valence-corrected chi connectivity index (χ2v) is 8.14. The zero-order chi connectivity index (χ0) is 25.8. The summed E-state index contributed by atoms with van der Waals surface area (Å²) in [5, 5.41) is 10.7. The van der Waals surface area contributed by atoms with Crippen LogP contribution in [-0.2, 0) is 6.18 Å². The number of carbonyl (C=O) groups excluding carboxylic acids is 1. The number of hydrogen-bond donors (Lipinski definition) is 2. The van der Waals surface area contributed by atoms with Crippen LogP contribution in [0.2, 0.25) is 0 Å². The summed E-state index contributed by atoms with van der Waals surface area (Å²) in [5.74, 6) is -4.78. The lowest BCUT2D eigenvalue weighted by atomic mass is 9.88. The molecule has 2 aromatic heterocycles. The van der Waals surface area contributed by atoms with Crippen LogP contribution in [0, 0.1) is 18.3 Å². The summed E-state index contributed by atoms with van der Waals surface area (Å²) in [6, 6.07) is 4.12. The number of rotatable bonds is 7. The number of pyridine rings is 2.